The highest BCUT2D eigenvalue weighted by Crippen LogP contribution is 2.14. The van der Waals surface area contributed by atoms with Crippen LogP contribution in [0, 0.1) is 0 Å². The van der Waals surface area contributed by atoms with E-state index >= 15 is 0 Å². The molecule has 0 unspecified atom stereocenters. The summed E-state index contributed by atoms with van der Waals surface area (Å²) in [6.07, 6.45) is 34.5. The average molecular weight is 573 g/mol. The normalized spacial score (nSPS) is 10.3. The van der Waals surface area contributed by atoms with Crippen LogP contribution in [0.4, 0.5) is 0 Å². The molecule has 0 heterocycles. The Morgan fingerprint density at radius 3 is 0.650 bits per heavy atom. The summed E-state index contributed by atoms with van der Waals surface area (Å²) in [4.78, 5) is 29.6. The molecule has 0 spiro atoms. The lowest BCUT2D eigenvalue weighted by Crippen LogP contribution is -1.93. The highest BCUT2D eigenvalue weighted by atomic mass is 16.4. The molecule has 0 aliphatic heterocycles. The summed E-state index contributed by atoms with van der Waals surface area (Å²) in [5, 5.41) is 24.4. The predicted molar refractivity (Wildman–Crippen MR) is 169 cm³/mol. The zero-order chi connectivity index (χ0) is 30.5. The Bertz CT molecular complexity index is 477. The molecule has 0 radical (unpaired) electrons. The molecule has 0 aliphatic carbocycles. The van der Waals surface area contributed by atoms with Crippen LogP contribution in [0.25, 0.3) is 0 Å². The van der Waals surface area contributed by atoms with Gasteiger partial charge in [-0.2, -0.15) is 0 Å². The second-order valence-electron chi connectivity index (χ2n) is 11.3. The fourth-order valence-electron chi connectivity index (χ4n) is 4.59. The SMILES string of the molecule is CC(=O)O.CCCCCCCCCCCCCCCC(=O)O.CCCCCCCCCCCCCCCC(=O)O. The molecule has 0 bridgehead atoms. The van der Waals surface area contributed by atoms with Crippen molar-refractivity contribution in [3.63, 3.8) is 0 Å². The third-order valence-electron chi connectivity index (χ3n) is 6.99. The molecule has 0 aliphatic rings. The molecule has 0 saturated carbocycles. The molecular weight excluding hydrogens is 504 g/mol. The van der Waals surface area contributed by atoms with Gasteiger partial charge in [0.25, 0.3) is 5.97 Å². The Morgan fingerprint density at radius 2 is 0.500 bits per heavy atom. The minimum Gasteiger partial charge on any atom is -0.481 e. The van der Waals surface area contributed by atoms with Crippen LogP contribution in [0.5, 0.6) is 0 Å². The van der Waals surface area contributed by atoms with Crippen LogP contribution in [-0.4, -0.2) is 33.2 Å². The van der Waals surface area contributed by atoms with E-state index in [0.717, 1.165) is 32.6 Å². The third-order valence-corrected chi connectivity index (χ3v) is 6.99. The van der Waals surface area contributed by atoms with Gasteiger partial charge < -0.3 is 15.3 Å². The van der Waals surface area contributed by atoms with Gasteiger partial charge in [0.1, 0.15) is 0 Å². The van der Waals surface area contributed by atoms with Crippen molar-refractivity contribution in [2.24, 2.45) is 0 Å². The second-order valence-corrected chi connectivity index (χ2v) is 11.3. The molecule has 0 fully saturated rings. The van der Waals surface area contributed by atoms with Crippen LogP contribution in [0.3, 0.4) is 0 Å². The summed E-state index contributed by atoms with van der Waals surface area (Å²) < 4.78 is 0. The molecule has 0 aromatic carbocycles. The average Bonchev–Trinajstić information content (AvgIpc) is 2.89. The molecule has 3 N–H and O–H groups in total. The van der Waals surface area contributed by atoms with E-state index in [2.05, 4.69) is 13.8 Å². The lowest BCUT2D eigenvalue weighted by Gasteiger charge is -2.02. The largest absolute Gasteiger partial charge is 0.481 e. The summed E-state index contributed by atoms with van der Waals surface area (Å²) in [5.41, 5.74) is 0. The van der Waals surface area contributed by atoms with Crippen molar-refractivity contribution in [3.05, 3.63) is 0 Å². The summed E-state index contributed by atoms with van der Waals surface area (Å²) in [5.74, 6) is -2.14. The molecule has 0 aromatic heterocycles. The lowest BCUT2D eigenvalue weighted by atomic mass is 10.0. The van der Waals surface area contributed by atoms with E-state index in [1.54, 1.807) is 0 Å². The number of hydrogen-bond acceptors (Lipinski definition) is 3. The molecule has 0 amide bonds. The fraction of sp³-hybridized carbons (Fsp3) is 0.912. The Labute approximate surface area is 248 Å². The molecule has 240 valence electrons. The van der Waals surface area contributed by atoms with Crippen molar-refractivity contribution in [2.75, 3.05) is 0 Å². The van der Waals surface area contributed by atoms with Crippen molar-refractivity contribution in [1.29, 1.82) is 0 Å². The van der Waals surface area contributed by atoms with Gasteiger partial charge in [-0.1, -0.05) is 168 Å². The minimum absolute atomic E-state index is 0.345. The number of carbonyl (C=O) groups is 3. The molecule has 0 atom stereocenters. The van der Waals surface area contributed by atoms with E-state index in [1.807, 2.05) is 0 Å². The van der Waals surface area contributed by atoms with Crippen LogP contribution in [0.1, 0.15) is 201 Å². The Balaban J connectivity index is -0.000000603. The van der Waals surface area contributed by atoms with Crippen LogP contribution >= 0.6 is 0 Å². The van der Waals surface area contributed by atoms with Gasteiger partial charge >= 0.3 is 11.9 Å². The molecular formula is C34H68O6. The van der Waals surface area contributed by atoms with Gasteiger partial charge in [-0.15, -0.1) is 0 Å². The van der Waals surface area contributed by atoms with Crippen LogP contribution < -0.4 is 0 Å². The molecule has 6 nitrogen and oxygen atoms in total. The molecule has 6 heteroatoms. The first kappa shape index (κ1) is 42.9. The maximum atomic E-state index is 10.3. The monoisotopic (exact) mass is 573 g/mol. The van der Waals surface area contributed by atoms with Crippen molar-refractivity contribution in [1.82, 2.24) is 0 Å². The summed E-state index contributed by atoms with van der Waals surface area (Å²) in [6.45, 7) is 5.60. The van der Waals surface area contributed by atoms with Gasteiger partial charge in [0.2, 0.25) is 0 Å². The van der Waals surface area contributed by atoms with E-state index in [9.17, 15) is 9.59 Å². The van der Waals surface area contributed by atoms with E-state index in [0.29, 0.717) is 12.8 Å². The smallest absolute Gasteiger partial charge is 0.303 e. The van der Waals surface area contributed by atoms with Gasteiger partial charge in [-0.3, -0.25) is 14.4 Å². The van der Waals surface area contributed by atoms with Crippen molar-refractivity contribution >= 4 is 17.9 Å². The van der Waals surface area contributed by atoms with E-state index in [1.165, 1.54) is 141 Å². The highest BCUT2D eigenvalue weighted by molar-refractivity contribution is 5.66. The summed E-state index contributed by atoms with van der Waals surface area (Å²) in [7, 11) is 0. The Kier molecular flexibility index (Phi) is 42.4. The van der Waals surface area contributed by atoms with Gasteiger partial charge in [0, 0.05) is 19.8 Å². The van der Waals surface area contributed by atoms with E-state index in [-0.39, 0.29) is 0 Å². The quantitative estimate of drug-likeness (QED) is 0.0804. The number of aliphatic carboxylic acids is 3. The fourth-order valence-corrected chi connectivity index (χ4v) is 4.59. The van der Waals surface area contributed by atoms with E-state index < -0.39 is 17.9 Å². The van der Waals surface area contributed by atoms with Crippen molar-refractivity contribution < 1.29 is 29.7 Å². The van der Waals surface area contributed by atoms with Crippen LogP contribution in [0.2, 0.25) is 0 Å². The zero-order valence-corrected chi connectivity index (χ0v) is 26.9. The summed E-state index contributed by atoms with van der Waals surface area (Å²) in [6, 6.07) is 0. The predicted octanol–water partition coefficient (Wildman–Crippen LogP) is 11.2. The first-order chi connectivity index (χ1) is 19.3. The number of carboxylic acids is 3. The maximum absolute atomic E-state index is 10.3. The topological polar surface area (TPSA) is 112 Å². The van der Waals surface area contributed by atoms with E-state index in [4.69, 9.17) is 20.1 Å². The first-order valence-corrected chi connectivity index (χ1v) is 16.9. The number of carboxylic acid groups (broad SMARTS) is 3. The zero-order valence-electron chi connectivity index (χ0n) is 26.9. The minimum atomic E-state index is -0.833. The van der Waals surface area contributed by atoms with Crippen molar-refractivity contribution in [2.45, 2.75) is 201 Å². The van der Waals surface area contributed by atoms with Gasteiger partial charge in [0.05, 0.1) is 0 Å². The van der Waals surface area contributed by atoms with Crippen LogP contribution in [0.15, 0.2) is 0 Å². The maximum Gasteiger partial charge on any atom is 0.303 e. The summed E-state index contributed by atoms with van der Waals surface area (Å²) >= 11 is 0. The Hall–Kier alpha value is -1.59. The number of unbranched alkanes of at least 4 members (excludes halogenated alkanes) is 24. The Morgan fingerprint density at radius 1 is 0.350 bits per heavy atom. The molecule has 40 heavy (non-hydrogen) atoms. The molecule has 0 rings (SSSR count). The lowest BCUT2D eigenvalue weighted by molar-refractivity contribution is -0.138. The van der Waals surface area contributed by atoms with Gasteiger partial charge in [-0.25, -0.2) is 0 Å². The second kappa shape index (κ2) is 39.6. The highest BCUT2D eigenvalue weighted by Gasteiger charge is 1.98. The number of hydrogen-bond donors (Lipinski definition) is 3. The molecule has 0 aromatic rings. The standard InChI is InChI=1S/2C16H32O2.C2H4O2/c2*1-2-3-4-5-6-7-8-9-10-11-12-13-14-15-16(17)18;1-2(3)4/h2*2-15H2,1H3,(H,17,18);1H3,(H,3,4). The van der Waals surface area contributed by atoms with Crippen LogP contribution in [-0.2, 0) is 14.4 Å². The number of rotatable bonds is 28. The van der Waals surface area contributed by atoms with Gasteiger partial charge in [-0.05, 0) is 12.8 Å². The van der Waals surface area contributed by atoms with Crippen molar-refractivity contribution in [3.8, 4) is 0 Å². The first-order valence-electron chi connectivity index (χ1n) is 16.9. The third kappa shape index (κ3) is 56.6. The van der Waals surface area contributed by atoms with Gasteiger partial charge in [0.15, 0.2) is 0 Å². The molecule has 0 saturated heterocycles.